The standard InChI is InChI=1S/C31H40F3O5PS/c1-9-37-40(35,38-10-2)39-30(31(32,33)34)25-16-15-22-13-11-12-14-24(22)28(25)41(36)29-26(20(5)6)17-23(19(3)4)18-27(29)21(7)8/h11-21,30H,9-10H2,1-8H3/t30-,41?/m0/s1. The Morgan fingerprint density at radius 2 is 1.32 bits per heavy atom. The minimum Gasteiger partial charge on any atom is -0.287 e. The molecule has 0 aliphatic heterocycles. The van der Waals surface area contributed by atoms with E-state index in [1.165, 1.54) is 26.0 Å². The fraction of sp³-hybridized carbons (Fsp3) is 0.484. The second-order valence-corrected chi connectivity index (χ2v) is 13.8. The zero-order chi connectivity index (χ0) is 30.7. The molecule has 0 bridgehead atoms. The van der Waals surface area contributed by atoms with Crippen molar-refractivity contribution in [2.45, 2.75) is 95.2 Å². The molecule has 0 N–H and O–H groups in total. The molecular weight excluding hydrogens is 572 g/mol. The largest absolute Gasteiger partial charge is 0.475 e. The van der Waals surface area contributed by atoms with E-state index in [4.69, 9.17) is 13.6 Å². The van der Waals surface area contributed by atoms with Gasteiger partial charge in [0.25, 0.3) is 0 Å². The lowest BCUT2D eigenvalue weighted by Crippen LogP contribution is -2.25. The van der Waals surface area contributed by atoms with E-state index < -0.39 is 36.5 Å². The Hall–Kier alpha value is -2.03. The lowest BCUT2D eigenvalue weighted by Gasteiger charge is -2.28. The van der Waals surface area contributed by atoms with Gasteiger partial charge in [-0.05, 0) is 59.1 Å². The zero-order valence-electron chi connectivity index (χ0n) is 24.9. The van der Waals surface area contributed by atoms with Crippen LogP contribution in [0.25, 0.3) is 10.8 Å². The summed E-state index contributed by atoms with van der Waals surface area (Å²) in [5.41, 5.74) is 2.31. The molecule has 0 saturated carbocycles. The number of alkyl halides is 3. The highest BCUT2D eigenvalue weighted by atomic mass is 32.2. The summed E-state index contributed by atoms with van der Waals surface area (Å²) in [6.45, 7) is 14.7. The summed E-state index contributed by atoms with van der Waals surface area (Å²) >= 11 is 0. The Bertz CT molecular complexity index is 1400. The van der Waals surface area contributed by atoms with Crippen LogP contribution in [0.15, 0.2) is 58.3 Å². The molecule has 1 unspecified atom stereocenters. The summed E-state index contributed by atoms with van der Waals surface area (Å²) in [5.74, 6) is 0.110. The van der Waals surface area contributed by atoms with Crippen molar-refractivity contribution in [3.63, 3.8) is 0 Å². The van der Waals surface area contributed by atoms with E-state index in [1.54, 1.807) is 24.3 Å². The van der Waals surface area contributed by atoms with Crippen molar-refractivity contribution < 1.29 is 35.5 Å². The van der Waals surface area contributed by atoms with Crippen molar-refractivity contribution >= 4 is 29.4 Å². The highest BCUT2D eigenvalue weighted by Gasteiger charge is 2.49. The van der Waals surface area contributed by atoms with Gasteiger partial charge in [-0.25, -0.2) is 8.77 Å². The molecule has 0 saturated heterocycles. The van der Waals surface area contributed by atoms with Gasteiger partial charge in [0, 0.05) is 5.56 Å². The van der Waals surface area contributed by atoms with Crippen LogP contribution in [-0.2, 0) is 28.9 Å². The molecule has 10 heteroatoms. The average Bonchev–Trinajstić information content (AvgIpc) is 2.89. The molecule has 0 aromatic heterocycles. The van der Waals surface area contributed by atoms with Gasteiger partial charge in [0.2, 0.25) is 0 Å². The molecular formula is C31H40F3O5PS. The van der Waals surface area contributed by atoms with Gasteiger partial charge in [0.05, 0.1) is 33.8 Å². The summed E-state index contributed by atoms with van der Waals surface area (Å²) in [5, 5.41) is 1.01. The van der Waals surface area contributed by atoms with E-state index >= 15 is 0 Å². The Labute approximate surface area is 243 Å². The van der Waals surface area contributed by atoms with Gasteiger partial charge in [0.1, 0.15) is 0 Å². The molecule has 3 aromatic carbocycles. The third-order valence-corrected chi connectivity index (χ3v) is 10.0. The topological polar surface area (TPSA) is 61.8 Å². The van der Waals surface area contributed by atoms with Crippen LogP contribution >= 0.6 is 7.82 Å². The molecule has 226 valence electrons. The van der Waals surface area contributed by atoms with Gasteiger partial charge >= 0.3 is 14.0 Å². The number of rotatable bonds is 12. The predicted molar refractivity (Wildman–Crippen MR) is 158 cm³/mol. The Balaban J connectivity index is 2.42. The molecule has 41 heavy (non-hydrogen) atoms. The van der Waals surface area contributed by atoms with E-state index in [-0.39, 0.29) is 35.9 Å². The first kappa shape index (κ1) is 33.5. The summed E-state index contributed by atoms with van der Waals surface area (Å²) in [6, 6.07) is 13.7. The lowest BCUT2D eigenvalue weighted by atomic mass is 9.89. The molecule has 0 fully saturated rings. The maximum atomic E-state index is 14.8. The molecule has 3 rings (SSSR count). The second kappa shape index (κ2) is 13.5. The van der Waals surface area contributed by atoms with Crippen LogP contribution in [-0.4, -0.2) is 23.6 Å². The number of fused-ring (bicyclic) bond motifs is 1. The Morgan fingerprint density at radius 3 is 1.78 bits per heavy atom. The van der Waals surface area contributed by atoms with E-state index in [0.29, 0.717) is 15.7 Å². The molecule has 3 aromatic rings. The van der Waals surface area contributed by atoms with Gasteiger partial charge in [-0.3, -0.25) is 13.6 Å². The highest BCUT2D eigenvalue weighted by Crippen LogP contribution is 2.57. The van der Waals surface area contributed by atoms with E-state index in [2.05, 4.69) is 13.8 Å². The number of benzene rings is 3. The molecule has 0 heterocycles. The third kappa shape index (κ3) is 7.49. The van der Waals surface area contributed by atoms with Gasteiger partial charge in [-0.1, -0.05) is 90.1 Å². The van der Waals surface area contributed by atoms with Crippen LogP contribution in [0.2, 0.25) is 0 Å². The molecule has 0 aliphatic carbocycles. The summed E-state index contributed by atoms with van der Waals surface area (Å²) in [7, 11) is -6.67. The van der Waals surface area contributed by atoms with Crippen LogP contribution < -0.4 is 0 Å². The molecule has 0 spiro atoms. The zero-order valence-corrected chi connectivity index (χ0v) is 26.6. The number of hydrogen-bond donors (Lipinski definition) is 0. The van der Waals surface area contributed by atoms with Crippen molar-refractivity contribution in [2.24, 2.45) is 0 Å². The van der Waals surface area contributed by atoms with Crippen molar-refractivity contribution in [3.05, 3.63) is 70.8 Å². The van der Waals surface area contributed by atoms with E-state index in [0.717, 1.165) is 16.7 Å². The second-order valence-electron chi connectivity index (χ2n) is 10.8. The van der Waals surface area contributed by atoms with Crippen molar-refractivity contribution in [1.29, 1.82) is 0 Å². The number of hydrogen-bond acceptors (Lipinski definition) is 5. The third-order valence-electron chi connectivity index (χ3n) is 6.75. The van der Waals surface area contributed by atoms with E-state index in [1.807, 2.05) is 39.8 Å². The number of phosphoric ester groups is 1. The maximum Gasteiger partial charge on any atom is 0.475 e. The van der Waals surface area contributed by atoms with Gasteiger partial charge in [0.15, 0.2) is 6.10 Å². The Morgan fingerprint density at radius 1 is 0.780 bits per heavy atom. The van der Waals surface area contributed by atoms with Crippen LogP contribution in [0.4, 0.5) is 13.2 Å². The molecule has 0 aliphatic rings. The summed E-state index contributed by atoms with van der Waals surface area (Å²) < 4.78 is 87.6. The molecule has 0 amide bonds. The van der Waals surface area contributed by atoms with Gasteiger partial charge in [-0.15, -0.1) is 0 Å². The smallest absolute Gasteiger partial charge is 0.287 e. The average molecular weight is 613 g/mol. The van der Waals surface area contributed by atoms with Crippen LogP contribution in [0.3, 0.4) is 0 Å². The Kier molecular flexibility index (Phi) is 11.0. The number of phosphoric acid groups is 1. The predicted octanol–water partition coefficient (Wildman–Crippen LogP) is 10.2. The van der Waals surface area contributed by atoms with Crippen LogP contribution in [0, 0.1) is 0 Å². The molecule has 0 radical (unpaired) electrons. The maximum absolute atomic E-state index is 14.8. The van der Waals surface area contributed by atoms with Gasteiger partial charge < -0.3 is 0 Å². The normalized spacial score (nSPS) is 14.4. The minimum absolute atomic E-state index is 0.0360. The minimum atomic E-state index is -5.02. The molecule has 2 atom stereocenters. The van der Waals surface area contributed by atoms with Crippen LogP contribution in [0.5, 0.6) is 0 Å². The van der Waals surface area contributed by atoms with E-state index in [9.17, 15) is 21.9 Å². The first-order valence-corrected chi connectivity index (χ1v) is 16.5. The van der Waals surface area contributed by atoms with Crippen LogP contribution in [0.1, 0.15) is 102 Å². The van der Waals surface area contributed by atoms with Gasteiger partial charge in [-0.2, -0.15) is 13.2 Å². The highest BCUT2D eigenvalue weighted by molar-refractivity contribution is 7.85. The monoisotopic (exact) mass is 612 g/mol. The SMILES string of the molecule is CCOP(=O)(OCC)O[C@@H](c1ccc2ccccc2c1S(=O)c1c(C(C)C)cc(C(C)C)cc1C(C)C)C(F)(F)F. The lowest BCUT2D eigenvalue weighted by molar-refractivity contribution is -0.204. The fourth-order valence-corrected chi connectivity index (χ4v) is 8.03. The first-order valence-electron chi connectivity index (χ1n) is 13.9. The summed E-state index contributed by atoms with van der Waals surface area (Å²) in [6.07, 6.45) is -7.73. The number of halogens is 3. The first-order chi connectivity index (χ1) is 19.1. The fourth-order valence-electron chi connectivity index (χ4n) is 4.72. The van der Waals surface area contributed by atoms with Crippen molar-refractivity contribution in [3.8, 4) is 0 Å². The quantitative estimate of drug-likeness (QED) is 0.191. The molecule has 5 nitrogen and oxygen atoms in total. The summed E-state index contributed by atoms with van der Waals surface area (Å²) in [4.78, 5) is 0.460. The van der Waals surface area contributed by atoms with Crippen molar-refractivity contribution in [1.82, 2.24) is 0 Å². The van der Waals surface area contributed by atoms with Crippen molar-refractivity contribution in [2.75, 3.05) is 13.2 Å².